The van der Waals surface area contributed by atoms with E-state index in [1.807, 2.05) is 0 Å². The Morgan fingerprint density at radius 3 is 1.71 bits per heavy atom. The smallest absolute Gasteiger partial charge is 0.0134 e. The third kappa shape index (κ3) is 1.36. The summed E-state index contributed by atoms with van der Waals surface area (Å²) in [6, 6.07) is 0. The van der Waals surface area contributed by atoms with Gasteiger partial charge in [-0.05, 0) is 50.4 Å². The van der Waals surface area contributed by atoms with E-state index in [2.05, 4.69) is 12.2 Å². The maximum Gasteiger partial charge on any atom is -0.0134 e. The Morgan fingerprint density at radius 2 is 1.21 bits per heavy atom. The van der Waals surface area contributed by atoms with Crippen LogP contribution >= 0.6 is 0 Å². The van der Waals surface area contributed by atoms with Gasteiger partial charge in [-0.15, -0.1) is 0 Å². The Bertz CT molecular complexity index is 252. The predicted octanol–water partition coefficient (Wildman–Crippen LogP) is 4.23. The highest BCUT2D eigenvalue weighted by atomic mass is 14.4. The van der Waals surface area contributed by atoms with E-state index in [1.54, 1.807) is 11.1 Å². The van der Waals surface area contributed by atoms with Gasteiger partial charge in [-0.25, -0.2) is 0 Å². The van der Waals surface area contributed by atoms with Crippen LogP contribution in [0.5, 0.6) is 0 Å². The molecule has 0 heterocycles. The largest absolute Gasteiger partial charge is 0.0665 e. The zero-order valence-electron chi connectivity index (χ0n) is 8.97. The van der Waals surface area contributed by atoms with E-state index < -0.39 is 0 Å². The molecule has 76 valence electrons. The average Bonchev–Trinajstić information content (AvgIpc) is 2.29. The van der Waals surface area contributed by atoms with Crippen molar-refractivity contribution in [3.8, 4) is 0 Å². The summed E-state index contributed by atoms with van der Waals surface area (Å²) in [4.78, 5) is 0. The molecule has 3 aliphatic carbocycles. The standard InChI is InChI=1S/C14H20/c1-3-7-13-11(5-1)9-10-12-6-2-4-8-14(12)13/h9-10,13-14H,1-8H2. The van der Waals surface area contributed by atoms with Crippen molar-refractivity contribution in [3.63, 3.8) is 0 Å². The molecular weight excluding hydrogens is 168 g/mol. The molecule has 0 heteroatoms. The molecular formula is C14H20. The topological polar surface area (TPSA) is 0 Å². The van der Waals surface area contributed by atoms with Crippen molar-refractivity contribution in [2.45, 2.75) is 51.4 Å². The van der Waals surface area contributed by atoms with Crippen LogP contribution in [0.2, 0.25) is 0 Å². The first-order chi connectivity index (χ1) is 6.95. The Morgan fingerprint density at radius 1 is 0.714 bits per heavy atom. The maximum absolute atomic E-state index is 2.46. The molecule has 0 amide bonds. The van der Waals surface area contributed by atoms with Crippen LogP contribution in [0.15, 0.2) is 23.3 Å². The Hall–Kier alpha value is -0.520. The van der Waals surface area contributed by atoms with Gasteiger partial charge in [0.2, 0.25) is 0 Å². The fourth-order valence-electron chi connectivity index (χ4n) is 3.68. The summed E-state index contributed by atoms with van der Waals surface area (Å²) in [7, 11) is 0. The molecule has 0 nitrogen and oxygen atoms in total. The molecule has 0 aromatic rings. The minimum absolute atomic E-state index is 0.962. The van der Waals surface area contributed by atoms with Crippen molar-refractivity contribution >= 4 is 0 Å². The molecule has 0 aromatic carbocycles. The summed E-state index contributed by atoms with van der Waals surface area (Å²) in [5, 5.41) is 0. The van der Waals surface area contributed by atoms with Gasteiger partial charge >= 0.3 is 0 Å². The predicted molar refractivity (Wildman–Crippen MR) is 60.1 cm³/mol. The maximum atomic E-state index is 2.46. The second-order valence-electron chi connectivity index (χ2n) is 5.19. The second kappa shape index (κ2) is 3.56. The lowest BCUT2D eigenvalue weighted by atomic mass is 9.66. The van der Waals surface area contributed by atoms with Crippen LogP contribution in [-0.2, 0) is 0 Å². The van der Waals surface area contributed by atoms with Crippen LogP contribution in [0.1, 0.15) is 51.4 Å². The first-order valence-electron chi connectivity index (χ1n) is 6.34. The monoisotopic (exact) mass is 188 g/mol. The normalized spacial score (nSPS) is 36.6. The molecule has 0 N–H and O–H groups in total. The van der Waals surface area contributed by atoms with Crippen LogP contribution in [-0.4, -0.2) is 0 Å². The summed E-state index contributed by atoms with van der Waals surface area (Å²) in [5.41, 5.74) is 3.57. The highest BCUT2D eigenvalue weighted by Gasteiger charge is 2.32. The van der Waals surface area contributed by atoms with Gasteiger partial charge in [0.25, 0.3) is 0 Å². The summed E-state index contributed by atoms with van der Waals surface area (Å²) < 4.78 is 0. The average molecular weight is 188 g/mol. The molecule has 0 bridgehead atoms. The highest BCUT2D eigenvalue weighted by molar-refractivity contribution is 5.31. The van der Waals surface area contributed by atoms with Crippen molar-refractivity contribution in [2.24, 2.45) is 11.8 Å². The zero-order valence-corrected chi connectivity index (χ0v) is 8.97. The lowest BCUT2D eigenvalue weighted by molar-refractivity contribution is 0.297. The molecule has 2 atom stereocenters. The van der Waals surface area contributed by atoms with Crippen LogP contribution in [0, 0.1) is 11.8 Å². The minimum atomic E-state index is 0.962. The van der Waals surface area contributed by atoms with E-state index in [0.717, 1.165) is 11.8 Å². The second-order valence-corrected chi connectivity index (χ2v) is 5.19. The number of rotatable bonds is 0. The van der Waals surface area contributed by atoms with Gasteiger partial charge < -0.3 is 0 Å². The molecule has 2 saturated carbocycles. The third-order valence-corrected chi connectivity index (χ3v) is 4.41. The summed E-state index contributed by atoms with van der Waals surface area (Å²) >= 11 is 0. The molecule has 3 rings (SSSR count). The molecule has 14 heavy (non-hydrogen) atoms. The molecule has 0 saturated heterocycles. The van der Waals surface area contributed by atoms with Gasteiger partial charge in [0.15, 0.2) is 0 Å². The lowest BCUT2D eigenvalue weighted by Gasteiger charge is -2.39. The van der Waals surface area contributed by atoms with Gasteiger partial charge in [-0.1, -0.05) is 36.1 Å². The first kappa shape index (κ1) is 8.76. The molecule has 2 fully saturated rings. The van der Waals surface area contributed by atoms with E-state index in [9.17, 15) is 0 Å². The van der Waals surface area contributed by atoms with Gasteiger partial charge in [-0.2, -0.15) is 0 Å². The van der Waals surface area contributed by atoms with Gasteiger partial charge in [0.1, 0.15) is 0 Å². The zero-order chi connectivity index (χ0) is 9.38. The molecule has 0 radical (unpaired) electrons. The van der Waals surface area contributed by atoms with E-state index in [0.29, 0.717) is 0 Å². The van der Waals surface area contributed by atoms with E-state index in [1.165, 1.54) is 51.4 Å². The Kier molecular flexibility index (Phi) is 2.23. The molecule has 3 aliphatic rings. The van der Waals surface area contributed by atoms with Crippen molar-refractivity contribution in [3.05, 3.63) is 23.3 Å². The van der Waals surface area contributed by atoms with E-state index in [4.69, 9.17) is 0 Å². The van der Waals surface area contributed by atoms with Crippen LogP contribution in [0.4, 0.5) is 0 Å². The molecule has 0 aromatic heterocycles. The van der Waals surface area contributed by atoms with Crippen molar-refractivity contribution in [2.75, 3.05) is 0 Å². The van der Waals surface area contributed by atoms with Gasteiger partial charge in [-0.3, -0.25) is 0 Å². The quantitative estimate of drug-likeness (QED) is 0.533. The first-order valence-corrected chi connectivity index (χ1v) is 6.34. The summed E-state index contributed by atoms with van der Waals surface area (Å²) in [5.74, 6) is 1.92. The van der Waals surface area contributed by atoms with E-state index >= 15 is 0 Å². The fourth-order valence-corrected chi connectivity index (χ4v) is 3.68. The van der Waals surface area contributed by atoms with Crippen molar-refractivity contribution < 1.29 is 0 Å². The molecule has 0 spiro atoms. The van der Waals surface area contributed by atoms with Crippen molar-refractivity contribution in [1.29, 1.82) is 0 Å². The number of hydrogen-bond donors (Lipinski definition) is 0. The number of hydrogen-bond acceptors (Lipinski definition) is 0. The fraction of sp³-hybridized carbons (Fsp3) is 0.714. The SMILES string of the molecule is C1=C2CCCCC2C2CCCCC2=C1. The van der Waals surface area contributed by atoms with Crippen LogP contribution < -0.4 is 0 Å². The highest BCUT2D eigenvalue weighted by Crippen LogP contribution is 2.46. The summed E-state index contributed by atoms with van der Waals surface area (Å²) in [6.45, 7) is 0. The van der Waals surface area contributed by atoms with Crippen LogP contribution in [0.3, 0.4) is 0 Å². The van der Waals surface area contributed by atoms with Gasteiger partial charge in [0, 0.05) is 0 Å². The van der Waals surface area contributed by atoms with E-state index in [-0.39, 0.29) is 0 Å². The Labute approximate surface area is 87.1 Å². The number of fused-ring (bicyclic) bond motifs is 3. The Balaban J connectivity index is 1.89. The van der Waals surface area contributed by atoms with Crippen molar-refractivity contribution in [1.82, 2.24) is 0 Å². The third-order valence-electron chi connectivity index (χ3n) is 4.41. The molecule has 0 aliphatic heterocycles. The number of allylic oxidation sites excluding steroid dienone is 4. The molecule has 2 unspecified atom stereocenters. The van der Waals surface area contributed by atoms with Gasteiger partial charge in [0.05, 0.1) is 0 Å². The lowest BCUT2D eigenvalue weighted by Crippen LogP contribution is -2.26. The minimum Gasteiger partial charge on any atom is -0.0665 e. The van der Waals surface area contributed by atoms with Crippen LogP contribution in [0.25, 0.3) is 0 Å². The summed E-state index contributed by atoms with van der Waals surface area (Å²) in [6.07, 6.45) is 16.5.